The number of carboxylic acid groups (broad SMARTS) is 1. The summed E-state index contributed by atoms with van der Waals surface area (Å²) >= 11 is 0. The fourth-order valence-electron chi connectivity index (χ4n) is 4.17. The largest absolute Gasteiger partial charge is 0.478 e. The number of aliphatic carboxylic acids is 1. The van der Waals surface area contributed by atoms with E-state index < -0.39 is 22.8 Å². The Morgan fingerprint density at radius 2 is 2.04 bits per heavy atom. The summed E-state index contributed by atoms with van der Waals surface area (Å²) in [5, 5.41) is 11.3. The number of hydrogen-bond acceptors (Lipinski definition) is 2. The molecule has 24 heavy (non-hydrogen) atoms. The highest BCUT2D eigenvalue weighted by Gasteiger charge is 2.35. The van der Waals surface area contributed by atoms with Gasteiger partial charge in [-0.2, -0.15) is 0 Å². The number of carbonyl (C=O) groups is 1. The molecular weight excluding hydrogens is 332 g/mol. The van der Waals surface area contributed by atoms with Gasteiger partial charge < -0.3 is 5.11 Å². The zero-order chi connectivity index (χ0) is 18.1. The lowest BCUT2D eigenvalue weighted by Crippen LogP contribution is -2.42. The van der Waals surface area contributed by atoms with Crippen LogP contribution in [0.4, 0.5) is 8.78 Å². The van der Waals surface area contributed by atoms with Crippen molar-refractivity contribution in [2.45, 2.75) is 46.0 Å². The van der Waals surface area contributed by atoms with Crippen LogP contribution in [-0.2, 0) is 4.79 Å². The monoisotopic (exact) mass is 361 g/mol. The third-order valence-electron chi connectivity index (χ3n) is 5.21. The lowest BCUT2D eigenvalue weighted by Gasteiger charge is -2.38. The Bertz CT molecular complexity index is 546. The molecule has 0 saturated carbocycles. The first-order valence-corrected chi connectivity index (χ1v) is 10.5. The summed E-state index contributed by atoms with van der Waals surface area (Å²) < 4.78 is 26.4. The molecular formula is C18H29F2NO2S. The number of carboxylic acids is 1. The van der Waals surface area contributed by atoms with Gasteiger partial charge in [0, 0.05) is 6.92 Å². The molecule has 1 saturated heterocycles. The molecule has 6 heteroatoms. The van der Waals surface area contributed by atoms with Crippen LogP contribution < -0.4 is 0 Å². The molecule has 1 fully saturated rings. The van der Waals surface area contributed by atoms with Crippen LogP contribution in [-0.4, -0.2) is 47.8 Å². The van der Waals surface area contributed by atoms with E-state index in [1.807, 2.05) is 17.2 Å². The molecule has 0 bridgehead atoms. The molecule has 0 amide bonds. The zero-order valence-electron chi connectivity index (χ0n) is 15.0. The fourth-order valence-corrected chi connectivity index (χ4v) is 6.57. The maximum Gasteiger partial charge on any atom is 0.336 e. The summed E-state index contributed by atoms with van der Waals surface area (Å²) in [4.78, 5) is 14.6. The smallest absolute Gasteiger partial charge is 0.336 e. The summed E-state index contributed by atoms with van der Waals surface area (Å²) in [5.41, 5.74) is 1.39. The summed E-state index contributed by atoms with van der Waals surface area (Å²) in [7, 11) is -0.540. The van der Waals surface area contributed by atoms with Crippen LogP contribution in [0.25, 0.3) is 0 Å². The van der Waals surface area contributed by atoms with Gasteiger partial charge >= 0.3 is 5.97 Å². The molecule has 0 aromatic rings. The number of nitrogens with zero attached hydrogens (tertiary/aromatic N) is 1. The van der Waals surface area contributed by atoms with Crippen molar-refractivity contribution in [3.63, 3.8) is 0 Å². The lowest BCUT2D eigenvalue weighted by molar-refractivity contribution is -0.132. The minimum absolute atomic E-state index is 0.163. The second kappa shape index (κ2) is 7.56. The van der Waals surface area contributed by atoms with Crippen LogP contribution in [0, 0.1) is 11.8 Å². The lowest BCUT2D eigenvalue weighted by atomic mass is 9.81. The molecule has 138 valence electrons. The van der Waals surface area contributed by atoms with Gasteiger partial charge in [0.05, 0.1) is 12.1 Å². The summed E-state index contributed by atoms with van der Waals surface area (Å²) in [6, 6.07) is 0. The number of halogens is 2. The van der Waals surface area contributed by atoms with Crippen LogP contribution in [0.15, 0.2) is 21.5 Å². The molecule has 0 aliphatic carbocycles. The Kier molecular flexibility index (Phi) is 6.13. The molecule has 2 rings (SSSR count). The van der Waals surface area contributed by atoms with Gasteiger partial charge in [0.2, 0.25) is 0 Å². The zero-order valence-corrected chi connectivity index (χ0v) is 15.9. The summed E-state index contributed by atoms with van der Waals surface area (Å²) in [5.74, 6) is -2.64. The molecule has 1 N–H and O–H groups in total. The van der Waals surface area contributed by atoms with Crippen molar-refractivity contribution in [1.82, 2.24) is 4.90 Å². The molecule has 0 radical (unpaired) electrons. The average molecular weight is 361 g/mol. The van der Waals surface area contributed by atoms with E-state index in [0.717, 1.165) is 31.8 Å². The van der Waals surface area contributed by atoms with E-state index in [1.165, 1.54) is 4.91 Å². The minimum atomic E-state index is -2.64. The van der Waals surface area contributed by atoms with Gasteiger partial charge in [-0.15, -0.1) is 0 Å². The van der Waals surface area contributed by atoms with E-state index in [9.17, 15) is 18.7 Å². The maximum absolute atomic E-state index is 13.2. The van der Waals surface area contributed by atoms with Gasteiger partial charge in [-0.25, -0.2) is 24.5 Å². The molecule has 0 spiro atoms. The summed E-state index contributed by atoms with van der Waals surface area (Å²) in [6.07, 6.45) is 4.93. The van der Waals surface area contributed by atoms with E-state index in [0.29, 0.717) is 30.5 Å². The van der Waals surface area contributed by atoms with E-state index in [-0.39, 0.29) is 6.54 Å². The molecule has 2 heterocycles. The Morgan fingerprint density at radius 3 is 2.46 bits per heavy atom. The van der Waals surface area contributed by atoms with Crippen molar-refractivity contribution in [1.29, 1.82) is 0 Å². The highest BCUT2D eigenvalue weighted by Crippen LogP contribution is 2.52. The number of alkyl halides is 2. The molecule has 0 aromatic heterocycles. The van der Waals surface area contributed by atoms with Crippen molar-refractivity contribution in [3.8, 4) is 0 Å². The van der Waals surface area contributed by atoms with Crippen molar-refractivity contribution in [2.75, 3.05) is 25.9 Å². The van der Waals surface area contributed by atoms with Crippen LogP contribution in [0.1, 0.15) is 40.0 Å². The van der Waals surface area contributed by atoms with Gasteiger partial charge in [-0.3, -0.25) is 4.90 Å². The summed E-state index contributed by atoms with van der Waals surface area (Å²) in [6.45, 7) is 6.30. The minimum Gasteiger partial charge on any atom is -0.478 e. The van der Waals surface area contributed by atoms with Gasteiger partial charge in [0.15, 0.2) is 0 Å². The van der Waals surface area contributed by atoms with Gasteiger partial charge in [0.1, 0.15) is 0 Å². The number of piperidine rings is 1. The second-order valence-corrected chi connectivity index (χ2v) is 9.13. The highest BCUT2D eigenvalue weighted by atomic mass is 32.2. The molecule has 2 unspecified atom stereocenters. The molecule has 2 aliphatic heterocycles. The van der Waals surface area contributed by atoms with Crippen LogP contribution in [0.2, 0.25) is 0 Å². The molecule has 0 aromatic carbocycles. The predicted molar refractivity (Wildman–Crippen MR) is 96.9 cm³/mol. The van der Waals surface area contributed by atoms with E-state index in [4.69, 9.17) is 0 Å². The Morgan fingerprint density at radius 1 is 1.46 bits per heavy atom. The van der Waals surface area contributed by atoms with E-state index in [1.54, 1.807) is 0 Å². The normalized spacial score (nSPS) is 26.6. The van der Waals surface area contributed by atoms with Crippen LogP contribution in [0.3, 0.4) is 0 Å². The first-order chi connectivity index (χ1) is 11.1. The van der Waals surface area contributed by atoms with E-state index in [2.05, 4.69) is 13.2 Å². The Hall–Kier alpha value is -0.880. The number of hydrogen-bond donors (Lipinski definition) is 2. The van der Waals surface area contributed by atoms with Crippen molar-refractivity contribution >= 4 is 16.9 Å². The SMILES string of the molecule is CCC(C1=C(C)C(C(=O)O)=C[SH]1C)C1CCN(CC(C)(F)F)CC1. The standard InChI is InChI=1S/C18H29F2NO2S/c1-5-14(16-12(2)15(17(22)23)10-24(16)4)13-6-8-21(9-7-13)11-18(3,19)20/h10,13-14,24H,5-9,11H2,1-4H3,(H,22,23). The third kappa shape index (κ3) is 4.39. The van der Waals surface area contributed by atoms with Crippen LogP contribution >= 0.6 is 10.9 Å². The maximum atomic E-state index is 13.2. The molecule has 2 aliphatic rings. The third-order valence-corrected chi connectivity index (χ3v) is 7.29. The Balaban J connectivity index is 2.07. The van der Waals surface area contributed by atoms with Crippen LogP contribution in [0.5, 0.6) is 0 Å². The van der Waals surface area contributed by atoms with Crippen molar-refractivity contribution < 1.29 is 18.7 Å². The predicted octanol–water partition coefficient (Wildman–Crippen LogP) is 4.27. The van der Waals surface area contributed by atoms with E-state index >= 15 is 0 Å². The quantitative estimate of drug-likeness (QED) is 0.694. The fraction of sp³-hybridized carbons (Fsp3) is 0.722. The van der Waals surface area contributed by atoms with Gasteiger partial charge in [-0.1, -0.05) is 6.92 Å². The molecule has 3 nitrogen and oxygen atoms in total. The van der Waals surface area contributed by atoms with Gasteiger partial charge in [-0.05, 0) is 73.3 Å². The van der Waals surface area contributed by atoms with Crippen molar-refractivity contribution in [2.24, 2.45) is 11.8 Å². The van der Waals surface area contributed by atoms with Gasteiger partial charge in [0.25, 0.3) is 5.92 Å². The molecule has 2 atom stereocenters. The highest BCUT2D eigenvalue weighted by molar-refractivity contribution is 8.22. The first kappa shape index (κ1) is 19.4. The second-order valence-electron chi connectivity index (χ2n) is 7.17. The average Bonchev–Trinajstić information content (AvgIpc) is 2.77. The topological polar surface area (TPSA) is 40.5 Å². The number of thiol groups is 1. The number of allylic oxidation sites excluding steroid dienone is 1. The Labute approximate surface area is 146 Å². The number of likely N-dealkylation sites (tertiary alicyclic amines) is 1. The first-order valence-electron chi connectivity index (χ1n) is 8.63. The van der Waals surface area contributed by atoms with Crippen molar-refractivity contribution in [3.05, 3.63) is 21.5 Å². The number of rotatable bonds is 6.